The van der Waals surface area contributed by atoms with Gasteiger partial charge >= 0.3 is 5.97 Å². The fourth-order valence-corrected chi connectivity index (χ4v) is 2.72. The van der Waals surface area contributed by atoms with Crippen molar-refractivity contribution in [2.75, 3.05) is 13.6 Å². The van der Waals surface area contributed by atoms with Crippen LogP contribution in [0, 0.1) is 0 Å². The number of carbonyl (C=O) groups is 1. The van der Waals surface area contributed by atoms with Crippen LogP contribution in [-0.4, -0.2) is 37.4 Å². The molecule has 0 fully saturated rings. The van der Waals surface area contributed by atoms with E-state index in [-0.39, 0.29) is 0 Å². The number of benzene rings is 1. The van der Waals surface area contributed by atoms with E-state index >= 15 is 0 Å². The molecule has 0 heterocycles. The van der Waals surface area contributed by atoms with Gasteiger partial charge in [0.2, 0.25) is 0 Å². The summed E-state index contributed by atoms with van der Waals surface area (Å²) in [4.78, 5) is 11.2. The average molecular weight is 286 g/mol. The summed E-state index contributed by atoms with van der Waals surface area (Å²) in [7, 11) is -2.40. The monoisotopic (exact) mass is 286 g/mol. The third-order valence-electron chi connectivity index (χ3n) is 2.60. The third kappa shape index (κ3) is 4.30. The number of hydrogen-bond acceptors (Lipinski definition) is 3. The predicted molar refractivity (Wildman–Crippen MR) is 71.8 cm³/mol. The number of nitrogens with one attached hydrogen (secondary N) is 1. The first-order valence-electron chi connectivity index (χ1n) is 5.90. The smallest absolute Gasteiger partial charge is 0.326 e. The highest BCUT2D eigenvalue weighted by Crippen LogP contribution is 2.14. The van der Waals surface area contributed by atoms with Crippen LogP contribution in [0.5, 0.6) is 0 Å². The Morgan fingerprint density at radius 1 is 1.37 bits per heavy atom. The van der Waals surface area contributed by atoms with Crippen molar-refractivity contribution in [3.8, 4) is 0 Å². The number of aliphatic carboxylic acids is 1. The molecule has 0 bridgehead atoms. The van der Waals surface area contributed by atoms with Crippen molar-refractivity contribution in [3.63, 3.8) is 0 Å². The Labute approximate surface area is 113 Å². The molecule has 106 valence electrons. The Bertz CT molecular complexity index is 516. The Kier molecular flexibility index (Phi) is 5.46. The third-order valence-corrected chi connectivity index (χ3v) is 4.13. The second kappa shape index (κ2) is 6.65. The lowest BCUT2D eigenvalue weighted by atomic mass is 10.1. The molecule has 0 unspecified atom stereocenters. The molecule has 0 aliphatic heterocycles. The summed E-state index contributed by atoms with van der Waals surface area (Å²) in [5, 5.41) is 9.16. The van der Waals surface area contributed by atoms with Gasteiger partial charge in [0.1, 0.15) is 6.04 Å². The van der Waals surface area contributed by atoms with Gasteiger partial charge in [-0.15, -0.1) is 0 Å². The Morgan fingerprint density at radius 2 is 1.95 bits per heavy atom. The van der Waals surface area contributed by atoms with Crippen molar-refractivity contribution in [1.29, 1.82) is 0 Å². The molecule has 7 heteroatoms. The van der Waals surface area contributed by atoms with E-state index in [1.54, 1.807) is 30.3 Å². The van der Waals surface area contributed by atoms with E-state index in [2.05, 4.69) is 4.72 Å². The molecule has 1 aromatic rings. The van der Waals surface area contributed by atoms with Crippen LogP contribution in [0.4, 0.5) is 0 Å². The average Bonchev–Trinajstić information content (AvgIpc) is 2.37. The first-order chi connectivity index (χ1) is 8.88. The van der Waals surface area contributed by atoms with Gasteiger partial charge in [0, 0.05) is 13.6 Å². The molecule has 2 N–H and O–H groups in total. The normalized spacial score (nSPS) is 13.4. The van der Waals surface area contributed by atoms with Gasteiger partial charge in [0.25, 0.3) is 10.2 Å². The first kappa shape index (κ1) is 15.6. The lowest BCUT2D eigenvalue weighted by Crippen LogP contribution is -2.42. The molecule has 0 aliphatic carbocycles. The fraction of sp³-hybridized carbons (Fsp3) is 0.417. The standard InChI is InChI=1S/C12H18N2O4S/c1-3-9-14(2)19(17,18)13-11(12(15)16)10-7-5-4-6-8-10/h4-8,11,13H,3,9H2,1-2H3,(H,15,16)/t11-/m0/s1. The molecule has 0 aliphatic rings. The van der Waals surface area contributed by atoms with E-state index in [9.17, 15) is 13.2 Å². The van der Waals surface area contributed by atoms with Gasteiger partial charge in [-0.1, -0.05) is 37.3 Å². The molecule has 0 radical (unpaired) electrons. The summed E-state index contributed by atoms with van der Waals surface area (Å²) < 4.78 is 27.2. The van der Waals surface area contributed by atoms with Gasteiger partial charge in [0.15, 0.2) is 0 Å². The molecule has 0 aromatic heterocycles. The molecule has 1 atom stereocenters. The van der Waals surface area contributed by atoms with Crippen LogP contribution in [0.3, 0.4) is 0 Å². The Hall–Kier alpha value is -1.44. The number of rotatable bonds is 7. The molecular weight excluding hydrogens is 268 g/mol. The zero-order valence-electron chi connectivity index (χ0n) is 10.9. The largest absolute Gasteiger partial charge is 0.480 e. The summed E-state index contributed by atoms with van der Waals surface area (Å²) in [5.74, 6) is -1.24. The van der Waals surface area contributed by atoms with E-state index < -0.39 is 22.2 Å². The maximum absolute atomic E-state index is 12.0. The van der Waals surface area contributed by atoms with Gasteiger partial charge in [-0.25, -0.2) is 0 Å². The zero-order valence-corrected chi connectivity index (χ0v) is 11.7. The summed E-state index contributed by atoms with van der Waals surface area (Å²) in [6.07, 6.45) is 0.653. The molecule has 1 rings (SSSR count). The molecule has 0 amide bonds. The minimum atomic E-state index is -3.81. The number of hydrogen-bond donors (Lipinski definition) is 2. The van der Waals surface area contributed by atoms with E-state index in [0.29, 0.717) is 18.5 Å². The Balaban J connectivity index is 2.95. The summed E-state index contributed by atoms with van der Waals surface area (Å²) in [6, 6.07) is 6.91. The van der Waals surface area contributed by atoms with Crippen LogP contribution in [0.25, 0.3) is 0 Å². The van der Waals surface area contributed by atoms with E-state index in [1.165, 1.54) is 7.05 Å². The van der Waals surface area contributed by atoms with E-state index in [4.69, 9.17) is 5.11 Å². The van der Waals surface area contributed by atoms with Gasteiger partial charge in [-0.05, 0) is 12.0 Å². The highest BCUT2D eigenvalue weighted by molar-refractivity contribution is 7.87. The topological polar surface area (TPSA) is 86.7 Å². The van der Waals surface area contributed by atoms with E-state index in [0.717, 1.165) is 4.31 Å². The van der Waals surface area contributed by atoms with Crippen molar-refractivity contribution < 1.29 is 18.3 Å². The molecular formula is C12H18N2O4S. The molecule has 0 spiro atoms. The number of carboxylic acids is 1. The van der Waals surface area contributed by atoms with Crippen LogP contribution in [0.15, 0.2) is 30.3 Å². The maximum Gasteiger partial charge on any atom is 0.326 e. The van der Waals surface area contributed by atoms with Crippen LogP contribution >= 0.6 is 0 Å². The molecule has 1 aromatic carbocycles. The van der Waals surface area contributed by atoms with Crippen LogP contribution in [0.1, 0.15) is 24.9 Å². The molecule has 6 nitrogen and oxygen atoms in total. The summed E-state index contributed by atoms with van der Waals surface area (Å²) in [5.41, 5.74) is 0.392. The quantitative estimate of drug-likeness (QED) is 0.782. The molecule has 0 saturated carbocycles. The highest BCUT2D eigenvalue weighted by Gasteiger charge is 2.27. The van der Waals surface area contributed by atoms with Gasteiger partial charge in [-0.3, -0.25) is 4.79 Å². The first-order valence-corrected chi connectivity index (χ1v) is 7.34. The second-order valence-electron chi connectivity index (χ2n) is 4.13. The molecule has 19 heavy (non-hydrogen) atoms. The summed E-state index contributed by atoms with van der Waals surface area (Å²) in [6.45, 7) is 2.17. The lowest BCUT2D eigenvalue weighted by molar-refractivity contribution is -0.139. The van der Waals surface area contributed by atoms with Crippen LogP contribution in [0.2, 0.25) is 0 Å². The number of carboxylic acid groups (broad SMARTS) is 1. The van der Waals surface area contributed by atoms with Crippen molar-refractivity contribution in [3.05, 3.63) is 35.9 Å². The predicted octanol–water partition coefficient (Wildman–Crippen LogP) is 0.989. The lowest BCUT2D eigenvalue weighted by Gasteiger charge is -2.20. The minimum absolute atomic E-state index is 0.330. The zero-order chi connectivity index (χ0) is 14.5. The van der Waals surface area contributed by atoms with Crippen molar-refractivity contribution >= 4 is 16.2 Å². The van der Waals surface area contributed by atoms with Gasteiger partial charge in [-0.2, -0.15) is 17.4 Å². The number of nitrogens with zero attached hydrogens (tertiary/aromatic N) is 1. The maximum atomic E-state index is 12.0. The van der Waals surface area contributed by atoms with Gasteiger partial charge < -0.3 is 5.11 Å². The van der Waals surface area contributed by atoms with Crippen LogP contribution < -0.4 is 4.72 Å². The van der Waals surface area contributed by atoms with Crippen molar-refractivity contribution in [2.24, 2.45) is 0 Å². The highest BCUT2D eigenvalue weighted by atomic mass is 32.2. The fourth-order valence-electron chi connectivity index (χ4n) is 1.58. The van der Waals surface area contributed by atoms with Crippen molar-refractivity contribution in [2.45, 2.75) is 19.4 Å². The van der Waals surface area contributed by atoms with Gasteiger partial charge in [0.05, 0.1) is 0 Å². The molecule has 0 saturated heterocycles. The van der Waals surface area contributed by atoms with E-state index in [1.807, 2.05) is 6.92 Å². The second-order valence-corrected chi connectivity index (χ2v) is 5.94. The Morgan fingerprint density at radius 3 is 2.42 bits per heavy atom. The SMILES string of the molecule is CCCN(C)S(=O)(=O)N[C@H](C(=O)O)c1ccccc1. The van der Waals surface area contributed by atoms with Crippen LogP contribution in [-0.2, 0) is 15.0 Å². The minimum Gasteiger partial charge on any atom is -0.480 e. The summed E-state index contributed by atoms with van der Waals surface area (Å²) >= 11 is 0. The van der Waals surface area contributed by atoms with Crippen molar-refractivity contribution in [1.82, 2.24) is 9.03 Å².